The Morgan fingerprint density at radius 2 is 1.60 bits per heavy atom. The summed E-state index contributed by atoms with van der Waals surface area (Å²) in [5.41, 5.74) is 2.31. The molecule has 0 unspecified atom stereocenters. The average molecular weight is 335 g/mol. The summed E-state index contributed by atoms with van der Waals surface area (Å²) in [5.74, 6) is 1.11. The van der Waals surface area contributed by atoms with Gasteiger partial charge in [0.05, 0.1) is 0 Å². The first-order valence-electron chi connectivity index (χ1n) is 8.16. The Kier molecular flexibility index (Phi) is 5.09. The van der Waals surface area contributed by atoms with E-state index in [0.717, 1.165) is 17.0 Å². The molecule has 0 aliphatic rings. The van der Waals surface area contributed by atoms with Crippen molar-refractivity contribution in [1.29, 1.82) is 0 Å². The third-order valence-electron chi connectivity index (χ3n) is 4.08. The van der Waals surface area contributed by atoms with Gasteiger partial charge >= 0.3 is 6.03 Å². The van der Waals surface area contributed by atoms with Crippen molar-refractivity contribution in [2.75, 3.05) is 11.9 Å². The van der Waals surface area contributed by atoms with Crippen molar-refractivity contribution in [2.24, 2.45) is 7.05 Å². The van der Waals surface area contributed by atoms with Crippen LogP contribution < -0.4 is 10.6 Å². The smallest absolute Gasteiger partial charge is 0.321 e. The van der Waals surface area contributed by atoms with Crippen molar-refractivity contribution in [2.45, 2.75) is 12.8 Å². The van der Waals surface area contributed by atoms with Gasteiger partial charge in [0.25, 0.3) is 0 Å². The molecule has 0 fully saturated rings. The summed E-state index contributed by atoms with van der Waals surface area (Å²) in [6, 6.07) is 20.0. The first kappa shape index (κ1) is 16.7. The molecular weight excluding hydrogens is 314 g/mol. The molecule has 25 heavy (non-hydrogen) atoms. The van der Waals surface area contributed by atoms with Gasteiger partial charge in [0, 0.05) is 19.5 Å². The summed E-state index contributed by atoms with van der Waals surface area (Å²) in [6.07, 6.45) is 0. The van der Waals surface area contributed by atoms with Crippen molar-refractivity contribution in [3.63, 3.8) is 0 Å². The van der Waals surface area contributed by atoms with E-state index in [1.807, 2.05) is 43.3 Å². The molecule has 0 radical (unpaired) electrons. The molecule has 0 saturated carbocycles. The average Bonchev–Trinajstić information content (AvgIpc) is 2.94. The van der Waals surface area contributed by atoms with Crippen molar-refractivity contribution < 1.29 is 4.79 Å². The number of aromatic nitrogens is 3. The van der Waals surface area contributed by atoms with Gasteiger partial charge < -0.3 is 5.32 Å². The first-order valence-corrected chi connectivity index (χ1v) is 8.16. The van der Waals surface area contributed by atoms with Gasteiger partial charge in [-0.3, -0.25) is 10.00 Å². The van der Waals surface area contributed by atoms with Crippen molar-refractivity contribution >= 4 is 12.0 Å². The zero-order valence-corrected chi connectivity index (χ0v) is 14.3. The van der Waals surface area contributed by atoms with E-state index in [0.29, 0.717) is 12.5 Å². The van der Waals surface area contributed by atoms with Gasteiger partial charge in [-0.05, 0) is 18.1 Å². The fourth-order valence-electron chi connectivity index (χ4n) is 2.65. The van der Waals surface area contributed by atoms with Crippen LogP contribution in [0.15, 0.2) is 60.7 Å². The van der Waals surface area contributed by atoms with Gasteiger partial charge in [0.2, 0.25) is 5.95 Å². The van der Waals surface area contributed by atoms with E-state index in [9.17, 15) is 4.79 Å². The Morgan fingerprint density at radius 3 is 2.08 bits per heavy atom. The third-order valence-corrected chi connectivity index (χ3v) is 4.08. The number of carbonyl (C=O) groups is 1. The predicted molar refractivity (Wildman–Crippen MR) is 97.5 cm³/mol. The maximum absolute atomic E-state index is 12.2. The molecule has 0 atom stereocenters. The zero-order chi connectivity index (χ0) is 17.6. The Labute approximate surface area is 146 Å². The number of carbonyl (C=O) groups excluding carboxylic acids is 1. The molecule has 0 saturated heterocycles. The second-order valence-corrected chi connectivity index (χ2v) is 5.82. The van der Waals surface area contributed by atoms with Crippen LogP contribution in [0.1, 0.15) is 22.9 Å². The minimum atomic E-state index is -0.317. The zero-order valence-electron chi connectivity index (χ0n) is 14.3. The quantitative estimate of drug-likeness (QED) is 0.753. The van der Waals surface area contributed by atoms with E-state index in [2.05, 4.69) is 45.0 Å². The highest BCUT2D eigenvalue weighted by atomic mass is 16.2. The second-order valence-electron chi connectivity index (χ2n) is 5.82. The molecule has 0 aliphatic carbocycles. The van der Waals surface area contributed by atoms with E-state index in [-0.39, 0.29) is 11.9 Å². The molecule has 1 aromatic heterocycles. The lowest BCUT2D eigenvalue weighted by Gasteiger charge is -2.18. The van der Waals surface area contributed by atoms with Crippen LogP contribution in [0.25, 0.3) is 0 Å². The number of benzene rings is 2. The van der Waals surface area contributed by atoms with E-state index in [1.54, 1.807) is 11.7 Å². The van der Waals surface area contributed by atoms with E-state index in [1.165, 1.54) is 0 Å². The third kappa shape index (κ3) is 4.23. The molecule has 6 heteroatoms. The lowest BCUT2D eigenvalue weighted by molar-refractivity contribution is 0.251. The lowest BCUT2D eigenvalue weighted by atomic mass is 9.91. The SMILES string of the molecule is Cc1nc(NC(=O)NCC(c2ccccc2)c2ccccc2)nn1C. The molecule has 6 nitrogen and oxygen atoms in total. The molecule has 1 heterocycles. The predicted octanol–water partition coefficient (Wildman–Crippen LogP) is 3.08. The number of rotatable bonds is 5. The standard InChI is InChI=1S/C19H21N5O/c1-14-21-18(23-24(14)2)22-19(25)20-13-17(15-9-5-3-6-10-15)16-11-7-4-8-12-16/h3-12,17H,13H2,1-2H3,(H2,20,22,23,25). The van der Waals surface area contributed by atoms with Crippen LogP contribution in [-0.4, -0.2) is 27.3 Å². The molecule has 2 aromatic carbocycles. The molecule has 0 aliphatic heterocycles. The summed E-state index contributed by atoms with van der Waals surface area (Å²) >= 11 is 0. The van der Waals surface area contributed by atoms with Crippen LogP contribution in [0.2, 0.25) is 0 Å². The molecule has 2 N–H and O–H groups in total. The molecule has 3 aromatic rings. The van der Waals surface area contributed by atoms with Gasteiger partial charge in [0.1, 0.15) is 5.82 Å². The van der Waals surface area contributed by atoms with Crippen molar-refractivity contribution in [3.8, 4) is 0 Å². The van der Waals surface area contributed by atoms with Crippen LogP contribution in [0.3, 0.4) is 0 Å². The number of anilines is 1. The van der Waals surface area contributed by atoms with E-state index < -0.39 is 0 Å². The summed E-state index contributed by atoms with van der Waals surface area (Å²) in [6.45, 7) is 2.31. The van der Waals surface area contributed by atoms with E-state index in [4.69, 9.17) is 0 Å². The van der Waals surface area contributed by atoms with E-state index >= 15 is 0 Å². The summed E-state index contributed by atoms with van der Waals surface area (Å²) in [7, 11) is 1.78. The molecule has 3 rings (SSSR count). The van der Waals surface area contributed by atoms with Crippen LogP contribution in [0.5, 0.6) is 0 Å². The Bertz CT molecular complexity index is 771. The van der Waals surface area contributed by atoms with Crippen LogP contribution in [-0.2, 0) is 7.05 Å². The molecular formula is C19H21N5O. The van der Waals surface area contributed by atoms with Crippen LogP contribution >= 0.6 is 0 Å². The van der Waals surface area contributed by atoms with Gasteiger partial charge in [-0.1, -0.05) is 60.7 Å². The number of hydrogen-bond acceptors (Lipinski definition) is 3. The summed E-state index contributed by atoms with van der Waals surface area (Å²) in [5, 5.41) is 9.71. The minimum Gasteiger partial charge on any atom is -0.337 e. The maximum atomic E-state index is 12.2. The summed E-state index contributed by atoms with van der Waals surface area (Å²) < 4.78 is 1.62. The lowest BCUT2D eigenvalue weighted by Crippen LogP contribution is -2.33. The number of nitrogens with zero attached hydrogens (tertiary/aromatic N) is 3. The summed E-state index contributed by atoms with van der Waals surface area (Å²) in [4.78, 5) is 16.4. The molecule has 2 amide bonds. The van der Waals surface area contributed by atoms with Crippen molar-refractivity contribution in [3.05, 3.63) is 77.6 Å². The Morgan fingerprint density at radius 1 is 1.04 bits per heavy atom. The molecule has 0 spiro atoms. The second kappa shape index (κ2) is 7.61. The van der Waals surface area contributed by atoms with Crippen LogP contribution in [0, 0.1) is 6.92 Å². The minimum absolute atomic E-state index is 0.0755. The number of nitrogens with one attached hydrogen (secondary N) is 2. The number of aryl methyl sites for hydroxylation is 2. The van der Waals surface area contributed by atoms with Gasteiger partial charge in [-0.25, -0.2) is 4.79 Å². The van der Waals surface area contributed by atoms with Gasteiger partial charge in [0.15, 0.2) is 0 Å². The maximum Gasteiger partial charge on any atom is 0.321 e. The topological polar surface area (TPSA) is 71.8 Å². The highest BCUT2D eigenvalue weighted by Crippen LogP contribution is 2.23. The number of hydrogen-bond donors (Lipinski definition) is 2. The Balaban J connectivity index is 1.69. The van der Waals surface area contributed by atoms with Gasteiger partial charge in [-0.15, -0.1) is 5.10 Å². The first-order chi connectivity index (χ1) is 12.1. The largest absolute Gasteiger partial charge is 0.337 e. The van der Waals surface area contributed by atoms with Gasteiger partial charge in [-0.2, -0.15) is 4.98 Å². The Hall–Kier alpha value is -3.15. The normalized spacial score (nSPS) is 10.7. The highest BCUT2D eigenvalue weighted by Gasteiger charge is 2.15. The fraction of sp³-hybridized carbons (Fsp3) is 0.211. The highest BCUT2D eigenvalue weighted by molar-refractivity contribution is 5.87. The molecule has 128 valence electrons. The number of urea groups is 1. The monoisotopic (exact) mass is 335 g/mol. The van der Waals surface area contributed by atoms with Crippen LogP contribution in [0.4, 0.5) is 10.7 Å². The van der Waals surface area contributed by atoms with Crippen molar-refractivity contribution in [1.82, 2.24) is 20.1 Å². The fourth-order valence-corrected chi connectivity index (χ4v) is 2.65. The number of amides is 2. The molecule has 0 bridgehead atoms.